The lowest BCUT2D eigenvalue weighted by Crippen LogP contribution is -2.28. The van der Waals surface area contributed by atoms with Gasteiger partial charge in [-0.05, 0) is 18.9 Å². The van der Waals surface area contributed by atoms with Crippen LogP contribution < -0.4 is 15.5 Å². The maximum absolute atomic E-state index is 11.3. The molecular formula is C14H22N4O. The Hall–Kier alpha value is -1.62. The molecule has 5 nitrogen and oxygen atoms in total. The maximum atomic E-state index is 11.3. The second-order valence-electron chi connectivity index (χ2n) is 4.99. The minimum Gasteiger partial charge on any atom is -0.359 e. The van der Waals surface area contributed by atoms with Gasteiger partial charge in [0, 0.05) is 51.4 Å². The average molecular weight is 262 g/mol. The molecule has 0 aromatic carbocycles. The molecular weight excluding hydrogens is 240 g/mol. The van der Waals surface area contributed by atoms with Crippen molar-refractivity contribution in [2.24, 2.45) is 0 Å². The highest BCUT2D eigenvalue weighted by Gasteiger charge is 2.21. The number of carbonyl (C=O) groups is 1. The lowest BCUT2D eigenvalue weighted by Gasteiger charge is -2.21. The molecule has 1 heterocycles. The first-order chi connectivity index (χ1) is 9.20. The van der Waals surface area contributed by atoms with Gasteiger partial charge in [0.05, 0.1) is 0 Å². The second-order valence-corrected chi connectivity index (χ2v) is 4.99. The van der Waals surface area contributed by atoms with Crippen LogP contribution in [-0.2, 0) is 11.3 Å². The second kappa shape index (κ2) is 6.52. The Morgan fingerprint density at radius 3 is 3.00 bits per heavy atom. The standard InChI is InChI=1S/C14H22N4O/c1-15-13(19)7-9-18(2)14-11(4-3-8-16-14)10-17-12-5-6-12/h3-4,8,12,17H,5-7,9-10H2,1-2H3,(H,15,19). The number of hydrogen-bond donors (Lipinski definition) is 2. The van der Waals surface area contributed by atoms with Crippen LogP contribution in [0.15, 0.2) is 18.3 Å². The van der Waals surface area contributed by atoms with E-state index in [0.29, 0.717) is 19.0 Å². The Labute approximate surface area is 114 Å². The van der Waals surface area contributed by atoms with E-state index in [2.05, 4.69) is 21.7 Å². The molecule has 2 rings (SSSR count). The van der Waals surface area contributed by atoms with Gasteiger partial charge in [0.2, 0.25) is 5.91 Å². The van der Waals surface area contributed by atoms with Gasteiger partial charge in [-0.25, -0.2) is 4.98 Å². The van der Waals surface area contributed by atoms with Gasteiger partial charge < -0.3 is 15.5 Å². The first-order valence-corrected chi connectivity index (χ1v) is 6.79. The Morgan fingerprint density at radius 1 is 1.53 bits per heavy atom. The van der Waals surface area contributed by atoms with Crippen molar-refractivity contribution >= 4 is 11.7 Å². The Kier molecular flexibility index (Phi) is 4.74. The molecule has 0 radical (unpaired) electrons. The summed E-state index contributed by atoms with van der Waals surface area (Å²) in [5.74, 6) is 1.01. The van der Waals surface area contributed by atoms with Crippen LogP contribution in [0.2, 0.25) is 0 Å². The molecule has 1 fully saturated rings. The fourth-order valence-corrected chi connectivity index (χ4v) is 1.95. The van der Waals surface area contributed by atoms with Crippen LogP contribution in [0.3, 0.4) is 0 Å². The molecule has 1 aromatic heterocycles. The summed E-state index contributed by atoms with van der Waals surface area (Å²) in [7, 11) is 3.64. The van der Waals surface area contributed by atoms with E-state index in [1.54, 1.807) is 13.2 Å². The lowest BCUT2D eigenvalue weighted by atomic mass is 10.2. The Bertz CT molecular complexity index is 431. The van der Waals surface area contributed by atoms with Crippen LogP contribution in [-0.4, -0.2) is 37.6 Å². The highest BCUT2D eigenvalue weighted by Crippen LogP contribution is 2.21. The van der Waals surface area contributed by atoms with Gasteiger partial charge in [-0.1, -0.05) is 6.07 Å². The minimum atomic E-state index is 0.0560. The number of nitrogens with zero attached hydrogens (tertiary/aromatic N) is 2. The molecule has 0 unspecified atom stereocenters. The largest absolute Gasteiger partial charge is 0.359 e. The van der Waals surface area contributed by atoms with E-state index in [9.17, 15) is 4.79 Å². The molecule has 0 spiro atoms. The van der Waals surface area contributed by atoms with Gasteiger partial charge in [0.1, 0.15) is 5.82 Å². The summed E-state index contributed by atoms with van der Waals surface area (Å²) >= 11 is 0. The zero-order valence-corrected chi connectivity index (χ0v) is 11.6. The summed E-state index contributed by atoms with van der Waals surface area (Å²) in [5.41, 5.74) is 1.19. The molecule has 0 saturated heterocycles. The van der Waals surface area contributed by atoms with Crippen LogP contribution in [0.25, 0.3) is 0 Å². The van der Waals surface area contributed by atoms with Crippen molar-refractivity contribution in [2.75, 3.05) is 25.5 Å². The number of hydrogen-bond acceptors (Lipinski definition) is 4. The van der Waals surface area contributed by atoms with Gasteiger partial charge in [0.15, 0.2) is 0 Å². The highest BCUT2D eigenvalue weighted by atomic mass is 16.1. The molecule has 0 bridgehead atoms. The fraction of sp³-hybridized carbons (Fsp3) is 0.571. The van der Waals surface area contributed by atoms with Crippen LogP contribution in [0, 0.1) is 0 Å². The molecule has 1 saturated carbocycles. The van der Waals surface area contributed by atoms with Crippen molar-refractivity contribution in [2.45, 2.75) is 31.8 Å². The number of rotatable bonds is 7. The summed E-state index contributed by atoms with van der Waals surface area (Å²) in [6.45, 7) is 1.52. The van der Waals surface area contributed by atoms with E-state index in [4.69, 9.17) is 0 Å². The summed E-state index contributed by atoms with van der Waals surface area (Å²) in [5, 5.41) is 6.13. The first-order valence-electron chi connectivity index (χ1n) is 6.79. The molecule has 1 aliphatic rings. The molecule has 5 heteroatoms. The fourth-order valence-electron chi connectivity index (χ4n) is 1.95. The van der Waals surface area contributed by atoms with Crippen LogP contribution in [0.1, 0.15) is 24.8 Å². The van der Waals surface area contributed by atoms with E-state index in [1.807, 2.05) is 18.0 Å². The van der Waals surface area contributed by atoms with Crippen LogP contribution in [0.4, 0.5) is 5.82 Å². The Balaban J connectivity index is 1.94. The molecule has 1 amide bonds. The topological polar surface area (TPSA) is 57.3 Å². The Morgan fingerprint density at radius 2 is 2.32 bits per heavy atom. The normalized spacial score (nSPS) is 14.2. The lowest BCUT2D eigenvalue weighted by molar-refractivity contribution is -0.120. The van der Waals surface area contributed by atoms with Crippen molar-refractivity contribution in [1.82, 2.24) is 15.6 Å². The maximum Gasteiger partial charge on any atom is 0.221 e. The molecule has 104 valence electrons. The zero-order chi connectivity index (χ0) is 13.7. The van der Waals surface area contributed by atoms with Crippen LogP contribution in [0.5, 0.6) is 0 Å². The van der Waals surface area contributed by atoms with E-state index in [-0.39, 0.29) is 5.91 Å². The van der Waals surface area contributed by atoms with Crippen LogP contribution >= 0.6 is 0 Å². The van der Waals surface area contributed by atoms with Gasteiger partial charge >= 0.3 is 0 Å². The highest BCUT2D eigenvalue weighted by molar-refractivity contribution is 5.76. The van der Waals surface area contributed by atoms with E-state index in [1.165, 1.54) is 18.4 Å². The van der Waals surface area contributed by atoms with Gasteiger partial charge in [0.25, 0.3) is 0 Å². The van der Waals surface area contributed by atoms with E-state index >= 15 is 0 Å². The van der Waals surface area contributed by atoms with Crippen molar-refractivity contribution in [1.29, 1.82) is 0 Å². The predicted molar refractivity (Wildman–Crippen MR) is 76.1 cm³/mol. The smallest absolute Gasteiger partial charge is 0.221 e. The average Bonchev–Trinajstić information content (AvgIpc) is 3.26. The third-order valence-corrected chi connectivity index (χ3v) is 3.34. The number of aromatic nitrogens is 1. The zero-order valence-electron chi connectivity index (χ0n) is 11.6. The quantitative estimate of drug-likeness (QED) is 0.767. The molecule has 0 atom stereocenters. The summed E-state index contributed by atoms with van der Waals surface area (Å²) in [4.78, 5) is 17.8. The SMILES string of the molecule is CNC(=O)CCN(C)c1ncccc1CNC1CC1. The molecule has 1 aliphatic carbocycles. The van der Waals surface area contributed by atoms with E-state index < -0.39 is 0 Å². The molecule has 2 N–H and O–H groups in total. The predicted octanol–water partition coefficient (Wildman–Crippen LogP) is 0.906. The number of nitrogens with one attached hydrogen (secondary N) is 2. The summed E-state index contributed by atoms with van der Waals surface area (Å²) in [6.07, 6.45) is 4.84. The van der Waals surface area contributed by atoms with Crippen molar-refractivity contribution in [3.05, 3.63) is 23.9 Å². The van der Waals surface area contributed by atoms with Crippen molar-refractivity contribution < 1.29 is 4.79 Å². The van der Waals surface area contributed by atoms with Gasteiger partial charge in [-0.3, -0.25) is 4.79 Å². The number of amides is 1. The third-order valence-electron chi connectivity index (χ3n) is 3.34. The number of anilines is 1. The third kappa shape index (κ3) is 4.21. The molecule has 19 heavy (non-hydrogen) atoms. The summed E-state index contributed by atoms with van der Waals surface area (Å²) < 4.78 is 0. The van der Waals surface area contributed by atoms with Gasteiger partial charge in [-0.2, -0.15) is 0 Å². The first kappa shape index (κ1) is 13.8. The molecule has 1 aromatic rings. The minimum absolute atomic E-state index is 0.0560. The van der Waals surface area contributed by atoms with Gasteiger partial charge in [-0.15, -0.1) is 0 Å². The van der Waals surface area contributed by atoms with E-state index in [0.717, 1.165) is 12.4 Å². The molecule has 0 aliphatic heterocycles. The number of carbonyl (C=O) groups excluding carboxylic acids is 1. The van der Waals surface area contributed by atoms with Crippen molar-refractivity contribution in [3.8, 4) is 0 Å². The monoisotopic (exact) mass is 262 g/mol. The van der Waals surface area contributed by atoms with Crippen molar-refractivity contribution in [3.63, 3.8) is 0 Å². The summed E-state index contributed by atoms with van der Waals surface area (Å²) in [6, 6.07) is 4.73. The number of pyridine rings is 1.